The molecule has 0 atom stereocenters. The fourth-order valence-corrected chi connectivity index (χ4v) is 1.12. The van der Waals surface area contributed by atoms with Crippen LogP contribution in [-0.4, -0.2) is 15.7 Å². The van der Waals surface area contributed by atoms with Gasteiger partial charge in [0.2, 0.25) is 0 Å². The van der Waals surface area contributed by atoms with Crippen molar-refractivity contribution >= 4 is 15.7 Å². The molecule has 0 fully saturated rings. The third kappa shape index (κ3) is 3.08. The number of allylic oxidation sites excluding steroid dienone is 2. The molecular formula is C10H22B2. The summed E-state index contributed by atoms with van der Waals surface area (Å²) >= 11 is 0. The Morgan fingerprint density at radius 2 is 0.833 bits per heavy atom. The van der Waals surface area contributed by atoms with Gasteiger partial charge in [-0.1, -0.05) is 41.5 Å². The first-order valence-electron chi connectivity index (χ1n) is 4.75. The average molecular weight is 164 g/mol. The van der Waals surface area contributed by atoms with Crippen LogP contribution in [0.25, 0.3) is 0 Å². The van der Waals surface area contributed by atoms with Crippen LogP contribution in [-0.2, 0) is 0 Å². The second-order valence-corrected chi connectivity index (χ2v) is 5.75. The molecule has 0 bridgehead atoms. The van der Waals surface area contributed by atoms with E-state index in [4.69, 9.17) is 0 Å². The Morgan fingerprint density at radius 1 is 0.667 bits per heavy atom. The van der Waals surface area contributed by atoms with E-state index in [1.165, 1.54) is 10.9 Å². The molecule has 0 aliphatic heterocycles. The maximum Gasteiger partial charge on any atom is 0.133 e. The van der Waals surface area contributed by atoms with Crippen molar-refractivity contribution in [1.29, 1.82) is 0 Å². The third-order valence-corrected chi connectivity index (χ3v) is 2.81. The molecule has 12 heavy (non-hydrogen) atoms. The Morgan fingerprint density at radius 3 is 0.917 bits per heavy atom. The van der Waals surface area contributed by atoms with E-state index in [0.717, 1.165) is 0 Å². The minimum atomic E-state index is 0.317. The van der Waals surface area contributed by atoms with Gasteiger partial charge in [-0.15, -0.1) is 10.9 Å². The van der Waals surface area contributed by atoms with Gasteiger partial charge in [-0.05, 0) is 10.8 Å². The average Bonchev–Trinajstić information content (AvgIpc) is 1.80. The molecular weight excluding hydrogens is 142 g/mol. The molecule has 0 saturated carbocycles. The number of hydrogen-bond donors (Lipinski definition) is 0. The molecule has 0 aliphatic rings. The van der Waals surface area contributed by atoms with Crippen LogP contribution < -0.4 is 0 Å². The fraction of sp³-hybridized carbons (Fsp3) is 0.800. The lowest BCUT2D eigenvalue weighted by Crippen LogP contribution is -2.19. The Kier molecular flexibility index (Phi) is 3.28. The molecule has 0 radical (unpaired) electrons. The van der Waals surface area contributed by atoms with E-state index in [2.05, 4.69) is 57.2 Å². The predicted molar refractivity (Wildman–Crippen MR) is 63.0 cm³/mol. The van der Waals surface area contributed by atoms with Gasteiger partial charge >= 0.3 is 0 Å². The molecule has 0 N–H and O–H groups in total. The smallest absolute Gasteiger partial charge is 0.114 e. The van der Waals surface area contributed by atoms with Crippen molar-refractivity contribution in [2.75, 3.05) is 0 Å². The molecule has 0 spiro atoms. The summed E-state index contributed by atoms with van der Waals surface area (Å²) in [5.41, 5.74) is 3.68. The summed E-state index contributed by atoms with van der Waals surface area (Å²) in [5.74, 6) is 0. The Balaban J connectivity index is 4.96. The molecule has 0 aliphatic carbocycles. The van der Waals surface area contributed by atoms with Crippen molar-refractivity contribution < 1.29 is 0 Å². The quantitative estimate of drug-likeness (QED) is 0.476. The summed E-state index contributed by atoms with van der Waals surface area (Å²) in [5, 5.41) is 0. The monoisotopic (exact) mass is 164 g/mol. The largest absolute Gasteiger partial charge is 0.133 e. The Labute approximate surface area is 79.6 Å². The first-order chi connectivity index (χ1) is 5.07. The van der Waals surface area contributed by atoms with Crippen molar-refractivity contribution in [3.8, 4) is 0 Å². The van der Waals surface area contributed by atoms with E-state index in [9.17, 15) is 0 Å². The van der Waals surface area contributed by atoms with Crippen LogP contribution >= 0.6 is 0 Å². The highest BCUT2D eigenvalue weighted by Gasteiger charge is 2.20. The summed E-state index contributed by atoms with van der Waals surface area (Å²) < 4.78 is 0. The van der Waals surface area contributed by atoms with Crippen molar-refractivity contribution in [3.63, 3.8) is 0 Å². The highest BCUT2D eigenvalue weighted by molar-refractivity contribution is 6.32. The maximum absolute atomic E-state index is 2.28. The molecule has 0 unspecified atom stereocenters. The van der Waals surface area contributed by atoms with Crippen molar-refractivity contribution in [3.05, 3.63) is 10.9 Å². The van der Waals surface area contributed by atoms with Gasteiger partial charge in [-0.3, -0.25) is 0 Å². The lowest BCUT2D eigenvalue weighted by molar-refractivity contribution is 0.482. The Hall–Kier alpha value is -0.130. The molecule has 0 aromatic heterocycles. The van der Waals surface area contributed by atoms with E-state index in [1.54, 1.807) is 0 Å². The van der Waals surface area contributed by atoms with Gasteiger partial charge < -0.3 is 0 Å². The SMILES string of the molecule is B/C(=C(\B)C(C)(C)C)C(C)(C)C. The van der Waals surface area contributed by atoms with Crippen molar-refractivity contribution in [1.82, 2.24) is 0 Å². The molecule has 0 rings (SSSR count). The second kappa shape index (κ2) is 3.32. The van der Waals surface area contributed by atoms with Gasteiger partial charge in [-0.2, -0.15) is 0 Å². The minimum absolute atomic E-state index is 0.317. The molecule has 0 nitrogen and oxygen atoms in total. The summed E-state index contributed by atoms with van der Waals surface area (Å²) in [6.07, 6.45) is 0. The molecule has 0 amide bonds. The third-order valence-electron chi connectivity index (χ3n) is 2.81. The summed E-state index contributed by atoms with van der Waals surface area (Å²) in [6.45, 7) is 13.7. The molecule has 0 saturated heterocycles. The first kappa shape index (κ1) is 11.9. The highest BCUT2D eigenvalue weighted by Crippen LogP contribution is 2.32. The van der Waals surface area contributed by atoms with Crippen LogP contribution in [0.4, 0.5) is 0 Å². The van der Waals surface area contributed by atoms with Crippen LogP contribution in [0.5, 0.6) is 0 Å². The zero-order valence-electron chi connectivity index (χ0n) is 10.0. The van der Waals surface area contributed by atoms with Crippen LogP contribution in [0.1, 0.15) is 41.5 Å². The van der Waals surface area contributed by atoms with Crippen molar-refractivity contribution in [2.45, 2.75) is 41.5 Å². The van der Waals surface area contributed by atoms with Crippen molar-refractivity contribution in [2.24, 2.45) is 10.8 Å². The van der Waals surface area contributed by atoms with Crippen LogP contribution in [0.3, 0.4) is 0 Å². The normalized spacial score (nSPS) is 15.8. The summed E-state index contributed by atoms with van der Waals surface area (Å²) in [7, 11) is 4.50. The lowest BCUT2D eigenvalue weighted by atomic mass is 9.61. The predicted octanol–water partition coefficient (Wildman–Crippen LogP) is 1.56. The molecule has 68 valence electrons. The van der Waals surface area contributed by atoms with Gasteiger partial charge in [0.15, 0.2) is 0 Å². The lowest BCUT2D eigenvalue weighted by Gasteiger charge is -2.30. The minimum Gasteiger partial charge on any atom is -0.114 e. The van der Waals surface area contributed by atoms with E-state index in [-0.39, 0.29) is 0 Å². The second-order valence-electron chi connectivity index (χ2n) is 5.75. The van der Waals surface area contributed by atoms with E-state index < -0.39 is 0 Å². The zero-order chi connectivity index (χ0) is 10.2. The van der Waals surface area contributed by atoms with Gasteiger partial charge in [0.05, 0.1) is 0 Å². The molecule has 0 heterocycles. The van der Waals surface area contributed by atoms with E-state index >= 15 is 0 Å². The van der Waals surface area contributed by atoms with Crippen LogP contribution in [0.2, 0.25) is 0 Å². The summed E-state index contributed by atoms with van der Waals surface area (Å²) in [4.78, 5) is 0. The molecule has 0 aromatic rings. The Bertz CT molecular complexity index is 167. The fourth-order valence-electron chi connectivity index (χ4n) is 1.12. The highest BCUT2D eigenvalue weighted by atomic mass is 14.2. The van der Waals surface area contributed by atoms with E-state index in [0.29, 0.717) is 10.8 Å². The van der Waals surface area contributed by atoms with Gasteiger partial charge in [-0.25, -0.2) is 0 Å². The van der Waals surface area contributed by atoms with Gasteiger partial charge in [0.1, 0.15) is 15.7 Å². The van der Waals surface area contributed by atoms with Gasteiger partial charge in [0.25, 0.3) is 0 Å². The zero-order valence-corrected chi connectivity index (χ0v) is 10.0. The maximum atomic E-state index is 2.28. The summed E-state index contributed by atoms with van der Waals surface area (Å²) in [6, 6.07) is 0. The molecule has 0 aromatic carbocycles. The number of hydrogen-bond acceptors (Lipinski definition) is 0. The van der Waals surface area contributed by atoms with Gasteiger partial charge in [0, 0.05) is 0 Å². The van der Waals surface area contributed by atoms with Crippen LogP contribution in [0.15, 0.2) is 10.9 Å². The topological polar surface area (TPSA) is 0 Å². The first-order valence-corrected chi connectivity index (χ1v) is 4.75. The standard InChI is InChI=1S/C10H22B2/c1-9(2,3)7(11)8(12)10(4,5)6/h11-12H2,1-6H3/b8-7-. The van der Waals surface area contributed by atoms with Crippen LogP contribution in [0, 0.1) is 10.8 Å². The molecule has 2 heteroatoms. The van der Waals surface area contributed by atoms with E-state index in [1.807, 2.05) is 0 Å². The number of rotatable bonds is 0.